The molecule has 14 heteroatoms. The predicted octanol–water partition coefficient (Wildman–Crippen LogP) is 2.58. The summed E-state index contributed by atoms with van der Waals surface area (Å²) >= 11 is 1.15. The number of morpholine rings is 1. The van der Waals surface area contributed by atoms with Gasteiger partial charge in [0.05, 0.1) is 19.3 Å². The highest BCUT2D eigenvalue weighted by atomic mass is 32.2. The van der Waals surface area contributed by atoms with Crippen molar-refractivity contribution in [2.45, 2.75) is 41.4 Å². The molecule has 3 heterocycles. The fraction of sp³-hybridized carbons (Fsp3) is 0.577. The molecule has 1 amide bonds. The number of halogens is 3. The molecule has 1 N–H and O–H groups in total. The zero-order valence-corrected chi connectivity index (χ0v) is 24.3. The van der Waals surface area contributed by atoms with Crippen LogP contribution in [-0.2, 0) is 25.2 Å². The van der Waals surface area contributed by atoms with Gasteiger partial charge in [0.25, 0.3) is 10.0 Å². The number of rotatable bonds is 8. The lowest BCUT2D eigenvalue weighted by Gasteiger charge is -2.46. The molecule has 0 radical (unpaired) electrons. The van der Waals surface area contributed by atoms with Gasteiger partial charge in [-0.15, -0.1) is 11.3 Å². The molecule has 0 unspecified atom stereocenters. The van der Waals surface area contributed by atoms with Gasteiger partial charge in [0, 0.05) is 65.0 Å². The zero-order chi connectivity index (χ0) is 29.3. The molecule has 0 saturated carbocycles. The highest BCUT2D eigenvalue weighted by Crippen LogP contribution is 2.39. The topological polar surface area (TPSA) is 93.6 Å². The van der Waals surface area contributed by atoms with E-state index in [-0.39, 0.29) is 47.3 Å². The lowest BCUT2D eigenvalue weighted by molar-refractivity contribution is -0.258. The quantitative estimate of drug-likeness (QED) is 0.495. The number of alkyl halides is 3. The normalized spacial score (nSPS) is 23.1. The Kier molecular flexibility index (Phi) is 9.17. The van der Waals surface area contributed by atoms with E-state index in [4.69, 9.17) is 4.74 Å². The van der Waals surface area contributed by atoms with Crippen LogP contribution >= 0.6 is 11.3 Å². The van der Waals surface area contributed by atoms with E-state index in [1.807, 2.05) is 4.90 Å². The summed E-state index contributed by atoms with van der Waals surface area (Å²) in [5, 5.41) is 11.8. The Balaban J connectivity index is 1.62. The Bertz CT molecular complexity index is 1250. The van der Waals surface area contributed by atoms with Crippen LogP contribution in [-0.4, -0.2) is 112 Å². The molecule has 0 spiro atoms. The third kappa shape index (κ3) is 6.47. The van der Waals surface area contributed by atoms with Gasteiger partial charge in [-0.3, -0.25) is 9.69 Å². The number of benzene rings is 1. The fourth-order valence-corrected chi connectivity index (χ4v) is 7.61. The van der Waals surface area contributed by atoms with Crippen LogP contribution in [0.5, 0.6) is 0 Å². The number of hydrogen-bond acceptors (Lipinski definition) is 8. The van der Waals surface area contributed by atoms with E-state index in [0.29, 0.717) is 45.5 Å². The number of carbonyl (C=O) groups is 1. The summed E-state index contributed by atoms with van der Waals surface area (Å²) in [6, 6.07) is 8.26. The number of amides is 1. The van der Waals surface area contributed by atoms with Gasteiger partial charge in [0.2, 0.25) is 5.91 Å². The first-order chi connectivity index (χ1) is 18.7. The van der Waals surface area contributed by atoms with E-state index in [2.05, 4.69) is 4.90 Å². The van der Waals surface area contributed by atoms with E-state index < -0.39 is 21.8 Å². The molecule has 2 saturated heterocycles. The molecule has 4 rings (SSSR count). The van der Waals surface area contributed by atoms with Gasteiger partial charge in [0.15, 0.2) is 5.60 Å². The summed E-state index contributed by atoms with van der Waals surface area (Å²) in [4.78, 5) is 18.1. The van der Waals surface area contributed by atoms with Crippen molar-refractivity contribution in [2.75, 3.05) is 64.9 Å². The summed E-state index contributed by atoms with van der Waals surface area (Å²) in [5.74, 6) is -0.0461. The van der Waals surface area contributed by atoms with Crippen LogP contribution in [0.3, 0.4) is 0 Å². The van der Waals surface area contributed by atoms with Crippen molar-refractivity contribution in [3.63, 3.8) is 0 Å². The number of anilines is 1. The van der Waals surface area contributed by atoms with E-state index in [9.17, 15) is 31.5 Å². The first kappa shape index (κ1) is 30.7. The number of nitrogens with zero attached hydrogens (tertiary/aromatic N) is 4. The van der Waals surface area contributed by atoms with E-state index in [0.717, 1.165) is 11.3 Å². The van der Waals surface area contributed by atoms with Crippen molar-refractivity contribution in [1.29, 1.82) is 0 Å². The molecule has 1 aromatic carbocycles. The van der Waals surface area contributed by atoms with Gasteiger partial charge in [-0.05, 0) is 36.1 Å². The highest BCUT2D eigenvalue weighted by Gasteiger charge is 2.51. The molecule has 40 heavy (non-hydrogen) atoms. The Morgan fingerprint density at radius 2 is 1.82 bits per heavy atom. The summed E-state index contributed by atoms with van der Waals surface area (Å²) < 4.78 is 74.2. The Labute approximate surface area is 236 Å². The number of ether oxygens (including phenoxy) is 1. The number of thiophene rings is 1. The fourth-order valence-electron chi connectivity index (χ4n) is 4.99. The van der Waals surface area contributed by atoms with Crippen LogP contribution in [0.25, 0.3) is 0 Å². The van der Waals surface area contributed by atoms with E-state index in [1.54, 1.807) is 31.6 Å². The maximum Gasteiger partial charge on any atom is 0.421 e. The molecule has 2 fully saturated rings. The lowest BCUT2D eigenvalue weighted by atomic mass is 9.95. The van der Waals surface area contributed by atoms with E-state index in [1.165, 1.54) is 33.5 Å². The molecule has 2 aliphatic rings. The lowest BCUT2D eigenvalue weighted by Crippen LogP contribution is -2.60. The number of carbonyl (C=O) groups excluding carboxylic acids is 1. The first-order valence-electron chi connectivity index (χ1n) is 12.9. The third-order valence-electron chi connectivity index (χ3n) is 7.55. The van der Waals surface area contributed by atoms with Crippen LogP contribution in [0, 0.1) is 0 Å². The smallest absolute Gasteiger partial charge is 0.378 e. The molecule has 1 aromatic heterocycles. The average Bonchev–Trinajstić information content (AvgIpc) is 3.45. The first-order valence-corrected chi connectivity index (χ1v) is 15.3. The molecule has 2 aliphatic heterocycles. The summed E-state index contributed by atoms with van der Waals surface area (Å²) in [6.07, 6.45) is -4.59. The summed E-state index contributed by atoms with van der Waals surface area (Å²) in [6.45, 7) is 3.21. The number of sulfonamides is 1. The molecule has 2 aromatic rings. The molecule has 9 nitrogen and oxygen atoms in total. The maximum absolute atomic E-state index is 13.4. The monoisotopic (exact) mass is 604 g/mol. The summed E-state index contributed by atoms with van der Waals surface area (Å²) in [7, 11) is -0.347. The molecule has 0 aliphatic carbocycles. The van der Waals surface area contributed by atoms with Crippen molar-refractivity contribution in [1.82, 2.24) is 14.1 Å². The maximum atomic E-state index is 13.4. The van der Waals surface area contributed by atoms with Gasteiger partial charge in [-0.1, -0.05) is 18.2 Å². The minimum atomic E-state index is -4.84. The van der Waals surface area contributed by atoms with Crippen LogP contribution in [0.2, 0.25) is 0 Å². The second-order valence-electron chi connectivity index (χ2n) is 10.5. The molecule has 3 atom stereocenters. The summed E-state index contributed by atoms with van der Waals surface area (Å²) in [5.41, 5.74) is -2.66. The van der Waals surface area contributed by atoms with Crippen molar-refractivity contribution < 1.29 is 36.2 Å². The van der Waals surface area contributed by atoms with Crippen molar-refractivity contribution in [3.8, 4) is 0 Å². The highest BCUT2D eigenvalue weighted by molar-refractivity contribution is 7.91. The van der Waals surface area contributed by atoms with Crippen molar-refractivity contribution in [2.24, 2.45) is 0 Å². The van der Waals surface area contributed by atoms with Gasteiger partial charge >= 0.3 is 6.18 Å². The molecule has 222 valence electrons. The minimum absolute atomic E-state index is 0.0461. The van der Waals surface area contributed by atoms with Gasteiger partial charge in [-0.25, -0.2) is 8.42 Å². The van der Waals surface area contributed by atoms with Crippen molar-refractivity contribution >= 4 is 33.0 Å². The predicted molar refractivity (Wildman–Crippen MR) is 146 cm³/mol. The Morgan fingerprint density at radius 1 is 1.12 bits per heavy atom. The van der Waals surface area contributed by atoms with Crippen LogP contribution < -0.4 is 4.90 Å². The van der Waals surface area contributed by atoms with Crippen LogP contribution in [0.15, 0.2) is 46.0 Å². The largest absolute Gasteiger partial charge is 0.421 e. The van der Waals surface area contributed by atoms with E-state index >= 15 is 0 Å². The molecule has 0 bridgehead atoms. The molecular weight excluding hydrogens is 569 g/mol. The Hall–Kier alpha value is -2.23. The standard InChI is InChI=1S/C26H35F3N4O5S2/c1-25(35,26(27,28)29)19-6-8-20(9-7-19)33-11-10-32(40(36,37)24-5-4-14-39-24)17-22(33)16-31-12-13-38-18-21(31)15-23(34)30(2)3/h4-9,14,21-22,35H,10-13,15-18H2,1-3H3/t21-,22-,25-/m0/s1. The number of hydrogen-bond donors (Lipinski definition) is 1. The van der Waals surface area contributed by atoms with Gasteiger partial charge in [-0.2, -0.15) is 17.5 Å². The van der Waals surface area contributed by atoms with Crippen molar-refractivity contribution in [3.05, 3.63) is 47.3 Å². The minimum Gasteiger partial charge on any atom is -0.378 e. The van der Waals surface area contributed by atoms with Crippen LogP contribution in [0.1, 0.15) is 18.9 Å². The SMILES string of the molecule is CN(C)C(=O)C[C@H]1COCCN1C[C@H]1CN(S(=O)(=O)c2cccs2)CCN1c1ccc([C@](C)(O)C(F)(F)F)cc1. The third-order valence-corrected chi connectivity index (χ3v) is 10.8. The zero-order valence-electron chi connectivity index (χ0n) is 22.7. The molecular formula is C26H35F3N4O5S2. The number of aliphatic hydroxyl groups is 1. The second kappa shape index (κ2) is 11.9. The average molecular weight is 605 g/mol. The van der Waals surface area contributed by atoms with Gasteiger partial charge < -0.3 is 19.6 Å². The van der Waals surface area contributed by atoms with Crippen LogP contribution in [0.4, 0.5) is 18.9 Å². The van der Waals surface area contributed by atoms with Gasteiger partial charge in [0.1, 0.15) is 4.21 Å². The second-order valence-corrected chi connectivity index (χ2v) is 13.6. The Morgan fingerprint density at radius 3 is 2.42 bits per heavy atom. The number of piperazine rings is 1.